The summed E-state index contributed by atoms with van der Waals surface area (Å²) < 4.78 is 0. The van der Waals surface area contributed by atoms with Crippen LogP contribution in [0.3, 0.4) is 0 Å². The molecule has 1 aliphatic carbocycles. The molecule has 25 heavy (non-hydrogen) atoms. The Bertz CT molecular complexity index is 766. The number of nitrogens with zero attached hydrogens (tertiary/aromatic N) is 1. The molecule has 0 spiro atoms. The SMILES string of the molecule is CC(CNC(=O)C1(c2ccc(Cl)cc2)CC1)N1CCc2sccc2C1. The third kappa shape index (κ3) is 3.35. The van der Waals surface area contributed by atoms with Crippen LogP contribution >= 0.6 is 22.9 Å². The highest BCUT2D eigenvalue weighted by Gasteiger charge is 2.51. The summed E-state index contributed by atoms with van der Waals surface area (Å²) in [4.78, 5) is 16.8. The number of benzene rings is 1. The van der Waals surface area contributed by atoms with E-state index < -0.39 is 0 Å². The Morgan fingerprint density at radius 2 is 2.08 bits per heavy atom. The van der Waals surface area contributed by atoms with Crippen molar-refractivity contribution in [3.05, 3.63) is 56.7 Å². The summed E-state index contributed by atoms with van der Waals surface area (Å²) in [5.74, 6) is 0.162. The molecule has 1 aliphatic heterocycles. The molecular formula is C20H23ClN2OS. The second kappa shape index (κ2) is 6.75. The van der Waals surface area contributed by atoms with E-state index in [1.54, 1.807) is 0 Å². The van der Waals surface area contributed by atoms with Crippen molar-refractivity contribution >= 4 is 28.8 Å². The van der Waals surface area contributed by atoms with Crippen LogP contribution < -0.4 is 5.32 Å². The number of hydrogen-bond donors (Lipinski definition) is 1. The topological polar surface area (TPSA) is 32.3 Å². The number of nitrogens with one attached hydrogen (secondary N) is 1. The Morgan fingerprint density at radius 1 is 1.32 bits per heavy atom. The molecule has 2 aliphatic rings. The zero-order valence-corrected chi connectivity index (χ0v) is 16.0. The molecule has 1 fully saturated rings. The maximum absolute atomic E-state index is 12.8. The quantitative estimate of drug-likeness (QED) is 0.858. The number of fused-ring (bicyclic) bond motifs is 1. The van der Waals surface area contributed by atoms with Crippen LogP contribution in [0.4, 0.5) is 0 Å². The molecular weight excluding hydrogens is 352 g/mol. The fraction of sp³-hybridized carbons (Fsp3) is 0.450. The standard InChI is InChI=1S/C20H23ClN2OS/c1-14(23-10-6-18-15(13-23)7-11-25-18)12-22-19(24)20(8-9-20)16-2-4-17(21)5-3-16/h2-5,7,11,14H,6,8-10,12-13H2,1H3,(H,22,24). The third-order valence-corrected chi connectivity index (χ3v) is 6.87. The monoisotopic (exact) mass is 374 g/mol. The zero-order valence-electron chi connectivity index (χ0n) is 14.4. The van der Waals surface area contributed by atoms with E-state index in [0.29, 0.717) is 17.6 Å². The van der Waals surface area contributed by atoms with E-state index in [4.69, 9.17) is 11.6 Å². The Hall–Kier alpha value is -1.36. The van der Waals surface area contributed by atoms with E-state index in [2.05, 4.69) is 28.6 Å². The first-order chi connectivity index (χ1) is 12.1. The van der Waals surface area contributed by atoms with E-state index in [0.717, 1.165) is 37.9 Å². The Labute approximate surface area is 158 Å². The molecule has 0 bridgehead atoms. The van der Waals surface area contributed by atoms with Gasteiger partial charge in [0.15, 0.2) is 0 Å². The summed E-state index contributed by atoms with van der Waals surface area (Å²) in [5, 5.41) is 6.10. The minimum atomic E-state index is -0.327. The minimum Gasteiger partial charge on any atom is -0.354 e. The molecule has 1 N–H and O–H groups in total. The van der Waals surface area contributed by atoms with Crippen molar-refractivity contribution in [1.82, 2.24) is 10.2 Å². The van der Waals surface area contributed by atoms with E-state index in [9.17, 15) is 4.79 Å². The van der Waals surface area contributed by atoms with Gasteiger partial charge in [0, 0.05) is 35.6 Å². The van der Waals surface area contributed by atoms with Gasteiger partial charge in [0.05, 0.1) is 5.41 Å². The molecule has 5 heteroatoms. The van der Waals surface area contributed by atoms with Gasteiger partial charge in [-0.2, -0.15) is 0 Å². The van der Waals surface area contributed by atoms with Crippen molar-refractivity contribution in [3.8, 4) is 0 Å². The van der Waals surface area contributed by atoms with E-state index >= 15 is 0 Å². The molecule has 1 aromatic heterocycles. The summed E-state index contributed by atoms with van der Waals surface area (Å²) in [7, 11) is 0. The van der Waals surface area contributed by atoms with E-state index in [-0.39, 0.29) is 11.3 Å². The average molecular weight is 375 g/mol. The normalized spacial score (nSPS) is 19.9. The fourth-order valence-electron chi connectivity index (χ4n) is 3.73. The zero-order chi connectivity index (χ0) is 17.4. The lowest BCUT2D eigenvalue weighted by atomic mass is 9.95. The molecule has 0 radical (unpaired) electrons. The molecule has 3 nitrogen and oxygen atoms in total. The number of rotatable bonds is 5. The number of carbonyl (C=O) groups excluding carboxylic acids is 1. The van der Waals surface area contributed by atoms with Crippen LogP contribution in [0, 0.1) is 0 Å². The molecule has 0 saturated heterocycles. The number of amides is 1. The maximum atomic E-state index is 12.8. The van der Waals surface area contributed by atoms with Crippen molar-refractivity contribution in [2.24, 2.45) is 0 Å². The highest BCUT2D eigenvalue weighted by Crippen LogP contribution is 2.48. The highest BCUT2D eigenvalue weighted by atomic mass is 35.5. The lowest BCUT2D eigenvalue weighted by molar-refractivity contribution is -0.123. The molecule has 1 amide bonds. The van der Waals surface area contributed by atoms with Crippen molar-refractivity contribution in [3.63, 3.8) is 0 Å². The van der Waals surface area contributed by atoms with Gasteiger partial charge in [-0.15, -0.1) is 11.3 Å². The fourth-order valence-corrected chi connectivity index (χ4v) is 4.74. The lowest BCUT2D eigenvalue weighted by Crippen LogP contribution is -2.46. The molecule has 1 saturated carbocycles. The summed E-state index contributed by atoms with van der Waals surface area (Å²) in [6.07, 6.45) is 2.98. The Balaban J connectivity index is 1.35. The van der Waals surface area contributed by atoms with Gasteiger partial charge in [-0.25, -0.2) is 0 Å². The van der Waals surface area contributed by atoms with Gasteiger partial charge in [-0.1, -0.05) is 23.7 Å². The van der Waals surface area contributed by atoms with Crippen molar-refractivity contribution in [2.75, 3.05) is 13.1 Å². The second-order valence-electron chi connectivity index (χ2n) is 7.24. The molecule has 4 rings (SSSR count). The van der Waals surface area contributed by atoms with Crippen LogP contribution in [0.5, 0.6) is 0 Å². The predicted octanol–water partition coefficient (Wildman–Crippen LogP) is 4.00. The first kappa shape index (κ1) is 17.1. The van der Waals surface area contributed by atoms with E-state index in [1.165, 1.54) is 10.4 Å². The summed E-state index contributed by atoms with van der Waals surface area (Å²) in [6.45, 7) is 4.98. The van der Waals surface area contributed by atoms with Crippen molar-refractivity contribution in [2.45, 2.75) is 44.2 Å². The van der Waals surface area contributed by atoms with Crippen LogP contribution in [0.25, 0.3) is 0 Å². The van der Waals surface area contributed by atoms with Gasteiger partial charge >= 0.3 is 0 Å². The van der Waals surface area contributed by atoms with Crippen LogP contribution in [-0.4, -0.2) is 29.9 Å². The molecule has 2 heterocycles. The van der Waals surface area contributed by atoms with Crippen LogP contribution in [0.1, 0.15) is 35.8 Å². The van der Waals surface area contributed by atoms with Crippen LogP contribution in [0.15, 0.2) is 35.7 Å². The smallest absolute Gasteiger partial charge is 0.230 e. The van der Waals surface area contributed by atoms with Crippen molar-refractivity contribution < 1.29 is 4.79 Å². The molecule has 1 atom stereocenters. The Morgan fingerprint density at radius 3 is 2.80 bits per heavy atom. The number of carbonyl (C=O) groups is 1. The largest absolute Gasteiger partial charge is 0.354 e. The van der Waals surface area contributed by atoms with Gasteiger partial charge in [-0.3, -0.25) is 9.69 Å². The maximum Gasteiger partial charge on any atom is 0.230 e. The van der Waals surface area contributed by atoms with Gasteiger partial charge in [0.2, 0.25) is 5.91 Å². The lowest BCUT2D eigenvalue weighted by Gasteiger charge is -2.32. The Kier molecular flexibility index (Phi) is 4.61. The molecule has 1 unspecified atom stereocenters. The summed E-state index contributed by atoms with van der Waals surface area (Å²) in [5.41, 5.74) is 2.21. The third-order valence-electron chi connectivity index (χ3n) is 5.60. The first-order valence-corrected chi connectivity index (χ1v) is 10.2. The van der Waals surface area contributed by atoms with Crippen LogP contribution in [-0.2, 0) is 23.2 Å². The molecule has 2 aromatic rings. The number of halogens is 1. The van der Waals surface area contributed by atoms with Crippen molar-refractivity contribution in [1.29, 1.82) is 0 Å². The van der Waals surface area contributed by atoms with Crippen LogP contribution in [0.2, 0.25) is 5.02 Å². The van der Waals surface area contributed by atoms with E-state index in [1.807, 2.05) is 35.6 Å². The highest BCUT2D eigenvalue weighted by molar-refractivity contribution is 7.10. The minimum absolute atomic E-state index is 0.162. The van der Waals surface area contributed by atoms with Gasteiger partial charge in [0.25, 0.3) is 0 Å². The molecule has 1 aromatic carbocycles. The second-order valence-corrected chi connectivity index (χ2v) is 8.67. The summed E-state index contributed by atoms with van der Waals surface area (Å²) >= 11 is 7.83. The first-order valence-electron chi connectivity index (χ1n) is 8.92. The number of hydrogen-bond acceptors (Lipinski definition) is 3. The molecule has 132 valence electrons. The average Bonchev–Trinajstić information content (AvgIpc) is 3.30. The van der Waals surface area contributed by atoms with Gasteiger partial charge in [-0.05, 0) is 60.9 Å². The number of thiophene rings is 1. The van der Waals surface area contributed by atoms with Gasteiger partial charge in [0.1, 0.15) is 0 Å². The van der Waals surface area contributed by atoms with Gasteiger partial charge < -0.3 is 5.32 Å². The predicted molar refractivity (Wildman–Crippen MR) is 103 cm³/mol. The summed E-state index contributed by atoms with van der Waals surface area (Å²) in [6, 6.07) is 10.3.